The van der Waals surface area contributed by atoms with Gasteiger partial charge >= 0.3 is 5.97 Å². The lowest BCUT2D eigenvalue weighted by Crippen LogP contribution is -2.29. The summed E-state index contributed by atoms with van der Waals surface area (Å²) in [6, 6.07) is 13.8. The van der Waals surface area contributed by atoms with Gasteiger partial charge in [-0.25, -0.2) is 4.79 Å². The maximum absolute atomic E-state index is 11.0. The van der Waals surface area contributed by atoms with Crippen molar-refractivity contribution < 1.29 is 9.90 Å². The molecule has 0 unspecified atom stereocenters. The van der Waals surface area contributed by atoms with E-state index >= 15 is 0 Å². The van der Waals surface area contributed by atoms with E-state index in [-0.39, 0.29) is 6.04 Å². The molecule has 0 aromatic heterocycles. The van der Waals surface area contributed by atoms with E-state index in [4.69, 9.17) is 5.11 Å². The molecular weight excluding hydrogens is 354 g/mol. The Morgan fingerprint density at radius 2 is 1.96 bits per heavy atom. The fourth-order valence-electron chi connectivity index (χ4n) is 3.73. The Hall–Kier alpha value is -2.07. The standard InChI is InChI=1S/C19H16BrNO2/c20-13-8-9-17-16(10-13)14-2-1-3-15(14)18(21-17)11-4-6-12(7-5-11)19(22)23/h1-2,4-10,14-15,18,21H,3H2,(H,22,23)/t14-,15-,18+/m1/s1. The lowest BCUT2D eigenvalue weighted by Gasteiger charge is -2.37. The Bertz CT molecular complexity index is 798. The Labute approximate surface area is 143 Å². The number of anilines is 1. The van der Waals surface area contributed by atoms with E-state index in [2.05, 4.69) is 51.6 Å². The summed E-state index contributed by atoms with van der Waals surface area (Å²) in [5.74, 6) is -0.0101. The lowest BCUT2D eigenvalue weighted by molar-refractivity contribution is 0.0697. The first-order valence-electron chi connectivity index (χ1n) is 7.69. The van der Waals surface area contributed by atoms with Crippen LogP contribution >= 0.6 is 15.9 Å². The van der Waals surface area contributed by atoms with Crippen LogP contribution in [0.2, 0.25) is 0 Å². The number of hydrogen-bond donors (Lipinski definition) is 2. The summed E-state index contributed by atoms with van der Waals surface area (Å²) >= 11 is 3.56. The van der Waals surface area contributed by atoms with Crippen LogP contribution < -0.4 is 5.32 Å². The van der Waals surface area contributed by atoms with Crippen molar-refractivity contribution in [1.82, 2.24) is 0 Å². The van der Waals surface area contributed by atoms with Crippen molar-refractivity contribution in [3.8, 4) is 0 Å². The zero-order valence-electron chi connectivity index (χ0n) is 12.4. The second kappa shape index (κ2) is 5.53. The van der Waals surface area contributed by atoms with E-state index in [0.717, 1.165) is 22.1 Å². The first-order valence-corrected chi connectivity index (χ1v) is 8.48. The van der Waals surface area contributed by atoms with Crippen molar-refractivity contribution in [3.05, 3.63) is 75.8 Å². The van der Waals surface area contributed by atoms with Crippen LogP contribution in [0.3, 0.4) is 0 Å². The number of hydrogen-bond acceptors (Lipinski definition) is 2. The summed E-state index contributed by atoms with van der Waals surface area (Å²) in [6.07, 6.45) is 5.59. The van der Waals surface area contributed by atoms with Crippen molar-refractivity contribution in [1.29, 1.82) is 0 Å². The van der Waals surface area contributed by atoms with E-state index in [9.17, 15) is 4.79 Å². The highest BCUT2D eigenvalue weighted by Crippen LogP contribution is 2.50. The normalized spacial score (nSPS) is 24.7. The van der Waals surface area contributed by atoms with E-state index in [0.29, 0.717) is 17.4 Å². The van der Waals surface area contributed by atoms with E-state index in [1.165, 1.54) is 5.56 Å². The Morgan fingerprint density at radius 3 is 2.70 bits per heavy atom. The molecule has 2 aromatic rings. The van der Waals surface area contributed by atoms with E-state index < -0.39 is 5.97 Å². The predicted octanol–water partition coefficient (Wildman–Crippen LogP) is 4.97. The van der Waals surface area contributed by atoms with Gasteiger partial charge in [0.15, 0.2) is 0 Å². The van der Waals surface area contributed by atoms with Crippen LogP contribution in [0.4, 0.5) is 5.69 Å². The van der Waals surface area contributed by atoms with Crippen molar-refractivity contribution in [3.63, 3.8) is 0 Å². The molecule has 3 atom stereocenters. The minimum absolute atomic E-state index is 0.200. The average Bonchev–Trinajstić information content (AvgIpc) is 3.04. The monoisotopic (exact) mass is 369 g/mol. The van der Waals surface area contributed by atoms with Crippen LogP contribution in [0.5, 0.6) is 0 Å². The molecule has 1 aliphatic heterocycles. The molecule has 0 fully saturated rings. The van der Waals surface area contributed by atoms with Crippen LogP contribution in [0.25, 0.3) is 0 Å². The number of halogens is 1. The molecule has 0 saturated carbocycles. The summed E-state index contributed by atoms with van der Waals surface area (Å²) in [5.41, 5.74) is 3.96. The number of allylic oxidation sites excluding steroid dienone is 2. The largest absolute Gasteiger partial charge is 0.478 e. The molecule has 3 nitrogen and oxygen atoms in total. The zero-order chi connectivity index (χ0) is 16.0. The molecule has 0 amide bonds. The van der Waals surface area contributed by atoms with Gasteiger partial charge in [-0.05, 0) is 53.8 Å². The number of carboxylic acids is 1. The van der Waals surface area contributed by atoms with Crippen molar-refractivity contribution in [2.75, 3.05) is 5.32 Å². The number of rotatable bonds is 2. The Kier molecular flexibility index (Phi) is 3.49. The predicted molar refractivity (Wildman–Crippen MR) is 93.9 cm³/mol. The first-order chi connectivity index (χ1) is 11.1. The van der Waals surface area contributed by atoms with Gasteiger partial charge in [-0.3, -0.25) is 0 Å². The van der Waals surface area contributed by atoms with Gasteiger partial charge in [-0.1, -0.05) is 40.2 Å². The van der Waals surface area contributed by atoms with Gasteiger partial charge < -0.3 is 10.4 Å². The molecule has 2 N–H and O–H groups in total. The lowest BCUT2D eigenvalue weighted by atomic mass is 9.77. The summed E-state index contributed by atoms with van der Waals surface area (Å²) in [4.78, 5) is 11.0. The first kappa shape index (κ1) is 14.5. The second-order valence-electron chi connectivity index (χ2n) is 6.13. The third-order valence-electron chi connectivity index (χ3n) is 4.84. The third kappa shape index (κ3) is 2.47. The fraction of sp³-hybridized carbons (Fsp3) is 0.211. The number of carboxylic acid groups (broad SMARTS) is 1. The molecule has 0 spiro atoms. The summed E-state index contributed by atoms with van der Waals surface area (Å²) in [7, 11) is 0. The summed E-state index contributed by atoms with van der Waals surface area (Å²) in [5, 5.41) is 12.7. The van der Waals surface area contributed by atoms with Crippen LogP contribution in [0, 0.1) is 5.92 Å². The number of fused-ring (bicyclic) bond motifs is 3. The molecule has 2 aromatic carbocycles. The Balaban J connectivity index is 1.73. The third-order valence-corrected chi connectivity index (χ3v) is 5.33. The maximum Gasteiger partial charge on any atom is 0.335 e. The number of benzene rings is 2. The van der Waals surface area contributed by atoms with Gasteiger partial charge in [0.05, 0.1) is 11.6 Å². The van der Waals surface area contributed by atoms with Crippen molar-refractivity contribution in [2.45, 2.75) is 18.4 Å². The molecule has 0 saturated heterocycles. The molecule has 0 radical (unpaired) electrons. The topological polar surface area (TPSA) is 49.3 Å². The van der Waals surface area contributed by atoms with Gasteiger partial charge in [0.2, 0.25) is 0 Å². The van der Waals surface area contributed by atoms with Crippen molar-refractivity contribution >= 4 is 27.6 Å². The highest BCUT2D eigenvalue weighted by molar-refractivity contribution is 9.10. The molecule has 1 heterocycles. The smallest absolute Gasteiger partial charge is 0.335 e. The summed E-state index contributed by atoms with van der Waals surface area (Å²) in [6.45, 7) is 0. The fourth-order valence-corrected chi connectivity index (χ4v) is 4.11. The van der Waals surface area contributed by atoms with Crippen LogP contribution in [-0.4, -0.2) is 11.1 Å². The maximum atomic E-state index is 11.0. The summed E-state index contributed by atoms with van der Waals surface area (Å²) < 4.78 is 1.10. The van der Waals surface area contributed by atoms with E-state index in [1.807, 2.05) is 12.1 Å². The minimum Gasteiger partial charge on any atom is -0.478 e. The van der Waals surface area contributed by atoms with Crippen LogP contribution in [-0.2, 0) is 0 Å². The molecule has 0 bridgehead atoms. The number of nitrogens with one attached hydrogen (secondary N) is 1. The van der Waals surface area contributed by atoms with Crippen molar-refractivity contribution in [2.24, 2.45) is 5.92 Å². The number of aromatic carboxylic acids is 1. The SMILES string of the molecule is O=C(O)c1ccc([C@@H]2Nc3ccc(Br)cc3[C@@H]3C=CC[C@H]32)cc1. The molecule has 4 heteroatoms. The van der Waals surface area contributed by atoms with Gasteiger partial charge in [0, 0.05) is 16.1 Å². The molecular formula is C19H16BrNO2. The highest BCUT2D eigenvalue weighted by atomic mass is 79.9. The molecule has 2 aliphatic rings. The molecule has 116 valence electrons. The van der Waals surface area contributed by atoms with Gasteiger partial charge in [-0.2, -0.15) is 0 Å². The molecule has 1 aliphatic carbocycles. The van der Waals surface area contributed by atoms with Crippen LogP contribution in [0.15, 0.2) is 59.1 Å². The Morgan fingerprint density at radius 1 is 1.17 bits per heavy atom. The van der Waals surface area contributed by atoms with Crippen LogP contribution in [0.1, 0.15) is 39.9 Å². The minimum atomic E-state index is -0.885. The highest BCUT2D eigenvalue weighted by Gasteiger charge is 2.37. The molecule has 23 heavy (non-hydrogen) atoms. The quantitative estimate of drug-likeness (QED) is 0.734. The number of carbonyl (C=O) groups is 1. The van der Waals surface area contributed by atoms with Gasteiger partial charge in [0.25, 0.3) is 0 Å². The second-order valence-corrected chi connectivity index (χ2v) is 7.05. The average molecular weight is 370 g/mol. The van der Waals surface area contributed by atoms with Gasteiger partial charge in [-0.15, -0.1) is 0 Å². The molecule has 4 rings (SSSR count). The van der Waals surface area contributed by atoms with E-state index in [1.54, 1.807) is 12.1 Å². The zero-order valence-corrected chi connectivity index (χ0v) is 14.0. The van der Waals surface area contributed by atoms with Gasteiger partial charge in [0.1, 0.15) is 0 Å².